The molecule has 0 aliphatic heterocycles. The Morgan fingerprint density at radius 2 is 1.56 bits per heavy atom. The van der Waals surface area contributed by atoms with Gasteiger partial charge in [0.25, 0.3) is 11.8 Å². The van der Waals surface area contributed by atoms with Gasteiger partial charge in [-0.05, 0) is 30.3 Å². The van der Waals surface area contributed by atoms with E-state index in [4.69, 9.17) is 0 Å². The molecule has 0 atom stereocenters. The number of hydrogen-bond acceptors (Lipinski definition) is 3. The number of nitrogens with zero attached hydrogens (tertiary/aromatic N) is 1. The number of carbonyl (C=O) groups is 2. The summed E-state index contributed by atoms with van der Waals surface area (Å²) in [6.45, 7) is 0.264. The number of benzene rings is 2. The van der Waals surface area contributed by atoms with Crippen molar-refractivity contribution in [1.29, 1.82) is 0 Å². The van der Waals surface area contributed by atoms with Gasteiger partial charge in [0.15, 0.2) is 5.69 Å². The third-order valence-electron chi connectivity index (χ3n) is 3.86. The fraction of sp³-hybridized carbons (Fsp3) is 0.167. The van der Waals surface area contributed by atoms with Gasteiger partial charge in [-0.25, -0.2) is 0 Å². The molecule has 27 heavy (non-hydrogen) atoms. The van der Waals surface area contributed by atoms with Crippen molar-refractivity contribution in [2.75, 3.05) is 13.1 Å². The second-order valence-corrected chi connectivity index (χ2v) is 5.70. The fourth-order valence-electron chi connectivity index (χ4n) is 2.48. The molecule has 3 N–H and O–H groups in total. The van der Waals surface area contributed by atoms with Crippen LogP contribution in [-0.4, -0.2) is 35.1 Å². The van der Waals surface area contributed by atoms with Crippen molar-refractivity contribution in [2.24, 2.45) is 0 Å². The topological polar surface area (TPSA) is 86.9 Å². The number of hydrogen-bond donors (Lipinski definition) is 3. The molecule has 1 aromatic heterocycles. The average Bonchev–Trinajstić information content (AvgIpc) is 3.08. The van der Waals surface area contributed by atoms with E-state index in [1.807, 2.05) is 6.07 Å². The van der Waals surface area contributed by atoms with E-state index in [0.29, 0.717) is 5.39 Å². The molecular formula is C18H15F3N4O2. The first-order valence-corrected chi connectivity index (χ1v) is 8.03. The molecule has 0 radical (unpaired) electrons. The zero-order valence-corrected chi connectivity index (χ0v) is 13.9. The summed E-state index contributed by atoms with van der Waals surface area (Å²) in [6, 6.07) is 11.1. The van der Waals surface area contributed by atoms with Crippen LogP contribution < -0.4 is 10.6 Å². The lowest BCUT2D eigenvalue weighted by molar-refractivity contribution is -0.137. The second-order valence-electron chi connectivity index (χ2n) is 5.70. The third-order valence-corrected chi connectivity index (χ3v) is 3.86. The molecule has 2 amide bonds. The fourth-order valence-corrected chi connectivity index (χ4v) is 2.48. The van der Waals surface area contributed by atoms with Crippen LogP contribution in [0.3, 0.4) is 0 Å². The van der Waals surface area contributed by atoms with Gasteiger partial charge in [0.2, 0.25) is 0 Å². The minimum atomic E-state index is -4.45. The normalized spacial score (nSPS) is 11.4. The van der Waals surface area contributed by atoms with Crippen LogP contribution >= 0.6 is 0 Å². The molecule has 0 bridgehead atoms. The highest BCUT2D eigenvalue weighted by molar-refractivity contribution is 6.04. The van der Waals surface area contributed by atoms with Crippen molar-refractivity contribution in [3.05, 3.63) is 65.4 Å². The van der Waals surface area contributed by atoms with Crippen molar-refractivity contribution in [1.82, 2.24) is 20.8 Å². The molecule has 0 saturated carbocycles. The van der Waals surface area contributed by atoms with Crippen molar-refractivity contribution in [3.8, 4) is 0 Å². The van der Waals surface area contributed by atoms with Gasteiger partial charge in [0.05, 0.1) is 11.1 Å². The first-order valence-electron chi connectivity index (χ1n) is 8.03. The Bertz CT molecular complexity index is 965. The summed E-state index contributed by atoms with van der Waals surface area (Å²) in [4.78, 5) is 24.1. The molecule has 0 spiro atoms. The summed E-state index contributed by atoms with van der Waals surface area (Å²) in [6.07, 6.45) is -4.45. The number of H-pyrrole nitrogens is 1. The van der Waals surface area contributed by atoms with Crippen molar-refractivity contribution >= 4 is 22.7 Å². The van der Waals surface area contributed by atoms with E-state index in [-0.39, 0.29) is 24.3 Å². The Morgan fingerprint density at radius 1 is 0.926 bits per heavy atom. The summed E-state index contributed by atoms with van der Waals surface area (Å²) in [5, 5.41) is 12.6. The van der Waals surface area contributed by atoms with Gasteiger partial charge in [-0.2, -0.15) is 18.3 Å². The number of para-hydroxylation sites is 1. The molecule has 140 valence electrons. The number of halogens is 3. The average molecular weight is 376 g/mol. The number of rotatable bonds is 5. The molecule has 0 aliphatic carbocycles. The van der Waals surface area contributed by atoms with Crippen LogP contribution in [-0.2, 0) is 6.18 Å². The Kier molecular flexibility index (Phi) is 5.11. The lowest BCUT2D eigenvalue weighted by Crippen LogP contribution is -2.34. The van der Waals surface area contributed by atoms with Crippen LogP contribution in [0.5, 0.6) is 0 Å². The maximum Gasteiger partial charge on any atom is 0.416 e. The van der Waals surface area contributed by atoms with Gasteiger partial charge in [-0.15, -0.1) is 0 Å². The molecule has 9 heteroatoms. The van der Waals surface area contributed by atoms with Gasteiger partial charge < -0.3 is 10.6 Å². The Labute approximate surface area is 151 Å². The van der Waals surface area contributed by atoms with Crippen molar-refractivity contribution in [2.45, 2.75) is 6.18 Å². The summed E-state index contributed by atoms with van der Waals surface area (Å²) < 4.78 is 37.5. The number of nitrogens with one attached hydrogen (secondary N) is 3. The zero-order valence-electron chi connectivity index (χ0n) is 13.9. The Morgan fingerprint density at radius 3 is 2.22 bits per heavy atom. The summed E-state index contributed by atoms with van der Waals surface area (Å²) in [7, 11) is 0. The van der Waals surface area contributed by atoms with E-state index in [9.17, 15) is 22.8 Å². The van der Waals surface area contributed by atoms with Crippen LogP contribution in [0.15, 0.2) is 48.5 Å². The number of aromatic amines is 1. The lowest BCUT2D eigenvalue weighted by Gasteiger charge is -2.09. The van der Waals surface area contributed by atoms with Crippen LogP contribution in [0.2, 0.25) is 0 Å². The summed E-state index contributed by atoms with van der Waals surface area (Å²) >= 11 is 0. The molecule has 2 aromatic carbocycles. The lowest BCUT2D eigenvalue weighted by atomic mass is 10.1. The van der Waals surface area contributed by atoms with E-state index in [1.54, 1.807) is 18.2 Å². The highest BCUT2D eigenvalue weighted by Crippen LogP contribution is 2.29. The first kappa shape index (κ1) is 18.4. The van der Waals surface area contributed by atoms with E-state index < -0.39 is 23.6 Å². The van der Waals surface area contributed by atoms with Gasteiger partial charge in [-0.1, -0.05) is 18.2 Å². The smallest absolute Gasteiger partial charge is 0.350 e. The van der Waals surface area contributed by atoms with Gasteiger partial charge >= 0.3 is 6.18 Å². The molecule has 1 heterocycles. The van der Waals surface area contributed by atoms with Gasteiger partial charge in [-0.3, -0.25) is 14.7 Å². The zero-order chi connectivity index (χ0) is 19.4. The molecule has 3 rings (SSSR count). The number of fused-ring (bicyclic) bond motifs is 1. The molecule has 0 fully saturated rings. The largest absolute Gasteiger partial charge is 0.416 e. The number of amides is 2. The van der Waals surface area contributed by atoms with E-state index in [0.717, 1.165) is 29.8 Å². The van der Waals surface area contributed by atoms with E-state index in [1.165, 1.54) is 0 Å². The SMILES string of the molecule is O=C(NCCNC(=O)c1n[nH]c2ccccc12)c1ccc(C(F)(F)F)cc1. The monoisotopic (exact) mass is 376 g/mol. The minimum Gasteiger partial charge on any atom is -0.350 e. The Hall–Kier alpha value is -3.36. The maximum atomic E-state index is 12.5. The van der Waals surface area contributed by atoms with Crippen LogP contribution in [0.4, 0.5) is 13.2 Å². The first-order chi connectivity index (χ1) is 12.9. The van der Waals surface area contributed by atoms with Crippen molar-refractivity contribution in [3.63, 3.8) is 0 Å². The van der Waals surface area contributed by atoms with E-state index in [2.05, 4.69) is 20.8 Å². The minimum absolute atomic E-state index is 0.104. The van der Waals surface area contributed by atoms with Crippen LogP contribution in [0.1, 0.15) is 26.4 Å². The highest BCUT2D eigenvalue weighted by atomic mass is 19.4. The molecule has 0 aliphatic rings. The molecular weight excluding hydrogens is 361 g/mol. The second kappa shape index (κ2) is 7.48. The van der Waals surface area contributed by atoms with E-state index >= 15 is 0 Å². The van der Waals surface area contributed by atoms with Crippen molar-refractivity contribution < 1.29 is 22.8 Å². The van der Waals surface area contributed by atoms with Gasteiger partial charge in [0, 0.05) is 24.0 Å². The predicted octanol–water partition coefficient (Wildman–Crippen LogP) is 2.74. The van der Waals surface area contributed by atoms with Crippen LogP contribution in [0.25, 0.3) is 10.9 Å². The third kappa shape index (κ3) is 4.25. The van der Waals surface area contributed by atoms with Gasteiger partial charge in [0.1, 0.15) is 0 Å². The highest BCUT2D eigenvalue weighted by Gasteiger charge is 2.30. The maximum absolute atomic E-state index is 12.5. The number of alkyl halides is 3. The number of aromatic nitrogens is 2. The molecule has 3 aromatic rings. The quantitative estimate of drug-likeness (QED) is 0.599. The predicted molar refractivity (Wildman–Crippen MR) is 92.2 cm³/mol. The molecule has 0 unspecified atom stereocenters. The summed E-state index contributed by atoms with van der Waals surface area (Å²) in [5.74, 6) is -0.917. The number of carbonyl (C=O) groups excluding carboxylic acids is 2. The standard InChI is InChI=1S/C18H15F3N4O2/c19-18(20,21)12-7-5-11(6-8-12)16(26)22-9-10-23-17(27)15-13-3-1-2-4-14(13)24-25-15/h1-8H,9-10H2,(H,22,26)(H,23,27)(H,24,25). The van der Waals surface area contributed by atoms with Crippen LogP contribution in [0, 0.1) is 0 Å². The molecule has 6 nitrogen and oxygen atoms in total. The molecule has 0 saturated heterocycles. The Balaban J connectivity index is 1.49. The summed E-state index contributed by atoms with van der Waals surface area (Å²) in [5.41, 5.74) is 0.267.